The number of rotatable bonds is 4. The van der Waals surface area contributed by atoms with Crippen molar-refractivity contribution < 1.29 is 35.9 Å². The number of aryl methyl sites for hydroxylation is 1. The highest BCUT2D eigenvalue weighted by Gasteiger charge is 2.43. The molecule has 1 saturated heterocycles. The number of guanidine groups is 1. The monoisotopic (exact) mass is 568 g/mol. The molecule has 2 aromatic carbocycles. The van der Waals surface area contributed by atoms with E-state index in [1.54, 1.807) is 17.3 Å². The van der Waals surface area contributed by atoms with E-state index in [4.69, 9.17) is 4.74 Å². The Labute approximate surface area is 228 Å². The summed E-state index contributed by atoms with van der Waals surface area (Å²) >= 11 is 0. The van der Waals surface area contributed by atoms with Crippen LogP contribution in [0.5, 0.6) is 0 Å². The van der Waals surface area contributed by atoms with Gasteiger partial charge in [-0.1, -0.05) is 24.3 Å². The summed E-state index contributed by atoms with van der Waals surface area (Å²) in [5.41, 5.74) is -3.35. The number of nitrogens with zero attached hydrogens (tertiary/aromatic N) is 4. The zero-order valence-electron chi connectivity index (χ0n) is 22.5. The van der Waals surface area contributed by atoms with Crippen molar-refractivity contribution in [3.8, 4) is 0 Å². The van der Waals surface area contributed by atoms with Gasteiger partial charge in [0.1, 0.15) is 0 Å². The maximum absolute atomic E-state index is 14.1. The number of ether oxygens (including phenoxy) is 1. The predicted molar refractivity (Wildman–Crippen MR) is 137 cm³/mol. The highest BCUT2D eigenvalue weighted by Crippen LogP contribution is 2.40. The van der Waals surface area contributed by atoms with Crippen LogP contribution in [-0.2, 0) is 27.3 Å². The van der Waals surface area contributed by atoms with Crippen molar-refractivity contribution in [2.75, 3.05) is 33.4 Å². The number of hydrogen-bond acceptors (Lipinski definition) is 5. The van der Waals surface area contributed by atoms with Crippen molar-refractivity contribution in [3.63, 3.8) is 0 Å². The minimum Gasteiger partial charge on any atom is -0.378 e. The minimum atomic E-state index is -5.04. The SMILES string of the molecule is Cc1ccccc1C1C=CN=C(N2CCOCC2)N1N(C)C(=O)C(C)(C)c1cc(C(F)(F)F)cc(C(F)(F)F)c1. The first-order chi connectivity index (χ1) is 18.6. The van der Waals surface area contributed by atoms with Crippen LogP contribution in [0.25, 0.3) is 0 Å². The average molecular weight is 569 g/mol. The molecule has 0 saturated carbocycles. The molecule has 12 heteroatoms. The molecule has 2 heterocycles. The quantitative estimate of drug-likeness (QED) is 0.429. The normalized spacial score (nSPS) is 18.6. The second-order valence-corrected chi connectivity index (χ2v) is 10.3. The molecule has 40 heavy (non-hydrogen) atoms. The molecular formula is C28H30F6N4O2. The van der Waals surface area contributed by atoms with Crippen molar-refractivity contribution in [2.45, 2.75) is 44.6 Å². The standard InChI is InChI=1S/C28H30F6N4O2/c1-18-7-5-6-8-22(18)23-9-10-35-25(37-11-13-40-14-12-37)38(23)36(4)24(39)26(2,3)19-15-20(27(29,30)31)17-21(16-19)28(32,33)34/h5-10,15-17,23H,11-14H2,1-4H3. The molecule has 4 rings (SSSR count). The number of morpholine rings is 1. The number of hydrazine groups is 1. The van der Waals surface area contributed by atoms with Crippen LogP contribution in [-0.4, -0.2) is 60.1 Å². The summed E-state index contributed by atoms with van der Waals surface area (Å²) in [6.45, 7) is 6.37. The Balaban J connectivity index is 1.79. The molecule has 0 bridgehead atoms. The van der Waals surface area contributed by atoms with Crippen molar-refractivity contribution in [1.29, 1.82) is 0 Å². The van der Waals surface area contributed by atoms with Crippen LogP contribution in [0.4, 0.5) is 26.3 Å². The number of likely N-dealkylation sites (N-methyl/N-ethyl adjacent to an activating group) is 1. The topological polar surface area (TPSA) is 48.4 Å². The Morgan fingerprint density at radius 1 is 0.950 bits per heavy atom. The lowest BCUT2D eigenvalue weighted by molar-refractivity contribution is -0.149. The Bertz CT molecular complexity index is 1280. The number of hydrogen-bond donors (Lipinski definition) is 0. The number of amides is 1. The van der Waals surface area contributed by atoms with E-state index in [1.165, 1.54) is 25.9 Å². The number of carbonyl (C=O) groups is 1. The summed E-state index contributed by atoms with van der Waals surface area (Å²) in [6, 6.07) is 8.27. The van der Waals surface area contributed by atoms with Crippen LogP contribution in [0, 0.1) is 6.92 Å². The van der Waals surface area contributed by atoms with Gasteiger partial charge in [0.25, 0.3) is 5.91 Å². The number of carbonyl (C=O) groups excluding carboxylic acids is 1. The molecule has 216 valence electrons. The van der Waals surface area contributed by atoms with E-state index in [0.717, 1.165) is 11.1 Å². The van der Waals surface area contributed by atoms with Crippen LogP contribution < -0.4 is 0 Å². The average Bonchev–Trinajstić information content (AvgIpc) is 2.91. The van der Waals surface area contributed by atoms with Gasteiger partial charge in [-0.15, -0.1) is 0 Å². The summed E-state index contributed by atoms with van der Waals surface area (Å²) in [7, 11) is 1.45. The lowest BCUT2D eigenvalue weighted by atomic mass is 9.81. The fourth-order valence-electron chi connectivity index (χ4n) is 4.86. The van der Waals surface area contributed by atoms with E-state index in [-0.39, 0.29) is 6.07 Å². The first kappa shape index (κ1) is 29.4. The molecule has 1 fully saturated rings. The number of benzene rings is 2. The van der Waals surface area contributed by atoms with Gasteiger partial charge in [0.15, 0.2) is 0 Å². The van der Waals surface area contributed by atoms with E-state index in [2.05, 4.69) is 4.99 Å². The molecule has 0 N–H and O–H groups in total. The Morgan fingerprint density at radius 2 is 1.50 bits per heavy atom. The summed E-state index contributed by atoms with van der Waals surface area (Å²) < 4.78 is 87.0. The number of alkyl halides is 6. The van der Waals surface area contributed by atoms with Crippen LogP contribution in [0.15, 0.2) is 59.7 Å². The summed E-state index contributed by atoms with van der Waals surface area (Å²) in [5.74, 6) is -0.291. The first-order valence-corrected chi connectivity index (χ1v) is 12.6. The van der Waals surface area contributed by atoms with Crippen molar-refractivity contribution in [2.24, 2.45) is 4.99 Å². The Hall–Kier alpha value is -3.54. The van der Waals surface area contributed by atoms with Crippen LogP contribution in [0.3, 0.4) is 0 Å². The zero-order chi connectivity index (χ0) is 29.5. The smallest absolute Gasteiger partial charge is 0.378 e. The first-order valence-electron chi connectivity index (χ1n) is 12.6. The van der Waals surface area contributed by atoms with Gasteiger partial charge < -0.3 is 9.64 Å². The summed E-state index contributed by atoms with van der Waals surface area (Å²) in [4.78, 5) is 20.5. The van der Waals surface area contributed by atoms with Crippen molar-refractivity contribution in [1.82, 2.24) is 14.9 Å². The van der Waals surface area contributed by atoms with Gasteiger partial charge in [-0.25, -0.2) is 10.0 Å². The predicted octanol–water partition coefficient (Wildman–Crippen LogP) is 5.94. The van der Waals surface area contributed by atoms with Gasteiger partial charge >= 0.3 is 12.4 Å². The third-order valence-electron chi connectivity index (χ3n) is 7.19. The second kappa shape index (κ2) is 10.8. The zero-order valence-corrected chi connectivity index (χ0v) is 22.5. The van der Waals surface area contributed by atoms with E-state index in [1.807, 2.05) is 36.1 Å². The van der Waals surface area contributed by atoms with Crippen molar-refractivity contribution in [3.05, 3.63) is 82.6 Å². The van der Waals surface area contributed by atoms with Gasteiger partial charge in [-0.3, -0.25) is 9.80 Å². The van der Waals surface area contributed by atoms with Gasteiger partial charge in [0.2, 0.25) is 5.96 Å². The molecule has 1 atom stereocenters. The largest absolute Gasteiger partial charge is 0.416 e. The Morgan fingerprint density at radius 3 is 2.05 bits per heavy atom. The summed E-state index contributed by atoms with van der Waals surface area (Å²) in [6.07, 6.45) is -6.66. The van der Waals surface area contributed by atoms with E-state index >= 15 is 0 Å². The molecular weight excluding hydrogens is 538 g/mol. The molecule has 0 spiro atoms. The number of halogens is 6. The molecule has 6 nitrogen and oxygen atoms in total. The van der Waals surface area contributed by atoms with Gasteiger partial charge in [0, 0.05) is 26.3 Å². The van der Waals surface area contributed by atoms with Crippen LogP contribution in [0.1, 0.15) is 47.7 Å². The second-order valence-electron chi connectivity index (χ2n) is 10.3. The van der Waals surface area contributed by atoms with Crippen molar-refractivity contribution >= 4 is 11.9 Å². The third kappa shape index (κ3) is 5.81. The van der Waals surface area contributed by atoms with E-state index in [9.17, 15) is 31.1 Å². The molecule has 2 aliphatic heterocycles. The molecule has 2 aromatic rings. The lowest BCUT2D eigenvalue weighted by Crippen LogP contribution is -2.59. The van der Waals surface area contributed by atoms with Crippen LogP contribution in [0.2, 0.25) is 0 Å². The minimum absolute atomic E-state index is 0.0562. The van der Waals surface area contributed by atoms with Crippen LogP contribution >= 0.6 is 0 Å². The van der Waals surface area contributed by atoms with Gasteiger partial charge in [-0.05, 0) is 61.7 Å². The molecule has 0 aliphatic carbocycles. The van der Waals surface area contributed by atoms with E-state index in [0.29, 0.717) is 44.4 Å². The fourth-order valence-corrected chi connectivity index (χ4v) is 4.86. The van der Waals surface area contributed by atoms with E-state index < -0.39 is 46.4 Å². The Kier molecular flexibility index (Phi) is 7.94. The molecule has 0 radical (unpaired) electrons. The molecule has 1 amide bonds. The highest BCUT2D eigenvalue weighted by atomic mass is 19.4. The lowest BCUT2D eigenvalue weighted by Gasteiger charge is -2.46. The highest BCUT2D eigenvalue weighted by molar-refractivity contribution is 5.91. The van der Waals surface area contributed by atoms with Gasteiger partial charge in [-0.2, -0.15) is 26.3 Å². The third-order valence-corrected chi connectivity index (χ3v) is 7.19. The maximum Gasteiger partial charge on any atom is 0.416 e. The molecule has 1 unspecified atom stereocenters. The number of aliphatic imine (C=N–C) groups is 1. The summed E-state index contributed by atoms with van der Waals surface area (Å²) in [5, 5.41) is 2.87. The maximum atomic E-state index is 14.1. The fraction of sp³-hybridized carbons (Fsp3) is 0.429. The van der Waals surface area contributed by atoms with Gasteiger partial charge in [0.05, 0.1) is 35.8 Å². The molecule has 0 aromatic heterocycles. The molecule has 2 aliphatic rings.